The summed E-state index contributed by atoms with van der Waals surface area (Å²) < 4.78 is 10.9. The van der Waals surface area contributed by atoms with E-state index in [-0.39, 0.29) is 11.9 Å². The number of nitrogens with zero attached hydrogens (tertiary/aromatic N) is 3. The third kappa shape index (κ3) is 4.29. The highest BCUT2D eigenvalue weighted by molar-refractivity contribution is 6.31. The Morgan fingerprint density at radius 1 is 1.17 bits per heavy atom. The Bertz CT molecular complexity index is 912. The Kier molecular flexibility index (Phi) is 6.13. The van der Waals surface area contributed by atoms with Gasteiger partial charge in [0.05, 0.1) is 38.6 Å². The highest BCUT2D eigenvalue weighted by Gasteiger charge is 2.35. The minimum atomic E-state index is -0.239. The number of hydrogen-bond donors (Lipinski definition) is 0. The molecule has 0 spiro atoms. The molecule has 7 heteroatoms. The fourth-order valence-electron chi connectivity index (χ4n) is 3.80. The lowest BCUT2D eigenvalue weighted by molar-refractivity contribution is -0.135. The number of hydrazone groups is 1. The molecule has 2 aliphatic heterocycles. The van der Waals surface area contributed by atoms with Crippen LogP contribution in [0.3, 0.4) is 0 Å². The van der Waals surface area contributed by atoms with E-state index in [2.05, 4.69) is 4.90 Å². The number of morpholine rings is 1. The molecule has 0 radical (unpaired) electrons. The zero-order valence-electron chi connectivity index (χ0n) is 16.4. The van der Waals surface area contributed by atoms with Crippen LogP contribution >= 0.6 is 11.6 Å². The number of hydrogen-bond acceptors (Lipinski definition) is 5. The normalized spacial score (nSPS) is 19.9. The summed E-state index contributed by atoms with van der Waals surface area (Å²) in [5.74, 6) is 0.702. The number of methoxy groups -OCH3 is 1. The van der Waals surface area contributed by atoms with E-state index in [0.29, 0.717) is 31.2 Å². The van der Waals surface area contributed by atoms with Gasteiger partial charge in [-0.15, -0.1) is 0 Å². The molecule has 1 fully saturated rings. The molecule has 1 atom stereocenters. The predicted molar refractivity (Wildman–Crippen MR) is 112 cm³/mol. The highest BCUT2D eigenvalue weighted by Crippen LogP contribution is 2.37. The molecular formula is C22H24ClN3O3. The van der Waals surface area contributed by atoms with Crippen molar-refractivity contribution < 1.29 is 14.3 Å². The molecule has 0 bridgehead atoms. The monoisotopic (exact) mass is 413 g/mol. The fourth-order valence-corrected chi connectivity index (χ4v) is 4.06. The van der Waals surface area contributed by atoms with Crippen molar-refractivity contribution in [1.29, 1.82) is 0 Å². The molecule has 1 amide bonds. The predicted octanol–water partition coefficient (Wildman–Crippen LogP) is 3.36. The SMILES string of the molecule is COc1ccccc1C1=NN(C(=O)CN2CCOCC2)C(c2ccccc2Cl)C1. The number of rotatable bonds is 5. The van der Waals surface area contributed by atoms with E-state index < -0.39 is 0 Å². The summed E-state index contributed by atoms with van der Waals surface area (Å²) in [7, 11) is 1.64. The van der Waals surface area contributed by atoms with Crippen molar-refractivity contribution in [3.8, 4) is 5.75 Å². The van der Waals surface area contributed by atoms with Gasteiger partial charge in [-0.05, 0) is 23.8 Å². The van der Waals surface area contributed by atoms with Crippen LogP contribution in [-0.2, 0) is 9.53 Å². The quantitative estimate of drug-likeness (QED) is 0.754. The van der Waals surface area contributed by atoms with Crippen molar-refractivity contribution in [3.63, 3.8) is 0 Å². The molecule has 2 aromatic rings. The Labute approximate surface area is 175 Å². The molecule has 1 saturated heterocycles. The molecule has 0 aliphatic carbocycles. The summed E-state index contributed by atoms with van der Waals surface area (Å²) in [5, 5.41) is 6.97. The van der Waals surface area contributed by atoms with Gasteiger partial charge in [0.2, 0.25) is 0 Å². The van der Waals surface area contributed by atoms with Crippen LogP contribution < -0.4 is 4.74 Å². The van der Waals surface area contributed by atoms with E-state index >= 15 is 0 Å². The number of ether oxygens (including phenoxy) is 2. The Morgan fingerprint density at radius 2 is 1.90 bits per heavy atom. The number of amides is 1. The van der Waals surface area contributed by atoms with Gasteiger partial charge in [0, 0.05) is 30.1 Å². The van der Waals surface area contributed by atoms with Crippen LogP contribution in [0.4, 0.5) is 0 Å². The minimum absolute atomic E-state index is 0.0401. The second-order valence-electron chi connectivity index (χ2n) is 7.12. The first-order valence-corrected chi connectivity index (χ1v) is 10.1. The van der Waals surface area contributed by atoms with Gasteiger partial charge in [0.25, 0.3) is 5.91 Å². The Morgan fingerprint density at radius 3 is 2.66 bits per heavy atom. The van der Waals surface area contributed by atoms with Gasteiger partial charge in [-0.2, -0.15) is 5.10 Å². The first-order chi connectivity index (χ1) is 14.2. The van der Waals surface area contributed by atoms with Crippen molar-refractivity contribution in [2.45, 2.75) is 12.5 Å². The van der Waals surface area contributed by atoms with Crippen LogP contribution in [0.2, 0.25) is 5.02 Å². The molecule has 6 nitrogen and oxygen atoms in total. The van der Waals surface area contributed by atoms with E-state index in [9.17, 15) is 4.79 Å². The molecule has 152 valence electrons. The number of benzene rings is 2. The van der Waals surface area contributed by atoms with Gasteiger partial charge in [-0.1, -0.05) is 41.9 Å². The molecule has 2 aliphatic rings. The summed E-state index contributed by atoms with van der Waals surface area (Å²) in [6, 6.07) is 15.1. The third-order valence-electron chi connectivity index (χ3n) is 5.31. The third-order valence-corrected chi connectivity index (χ3v) is 5.65. The molecule has 29 heavy (non-hydrogen) atoms. The summed E-state index contributed by atoms with van der Waals surface area (Å²) in [5.41, 5.74) is 2.62. The van der Waals surface area contributed by atoms with Crippen LogP contribution in [0.1, 0.15) is 23.6 Å². The lowest BCUT2D eigenvalue weighted by atomic mass is 9.98. The maximum absolute atomic E-state index is 13.2. The Hall–Kier alpha value is -2.41. The molecule has 2 aromatic carbocycles. The van der Waals surface area contributed by atoms with Crippen LogP contribution in [0.5, 0.6) is 5.75 Å². The van der Waals surface area contributed by atoms with E-state index in [0.717, 1.165) is 35.7 Å². The van der Waals surface area contributed by atoms with Gasteiger partial charge in [0.15, 0.2) is 0 Å². The van der Waals surface area contributed by atoms with Crippen molar-refractivity contribution in [1.82, 2.24) is 9.91 Å². The van der Waals surface area contributed by atoms with Crippen LogP contribution in [-0.4, -0.2) is 61.5 Å². The zero-order valence-corrected chi connectivity index (χ0v) is 17.1. The largest absolute Gasteiger partial charge is 0.496 e. The lowest BCUT2D eigenvalue weighted by Crippen LogP contribution is -2.43. The van der Waals surface area contributed by atoms with Gasteiger partial charge in [-0.25, -0.2) is 5.01 Å². The summed E-state index contributed by atoms with van der Waals surface area (Å²) >= 11 is 6.48. The zero-order chi connectivity index (χ0) is 20.2. The summed E-state index contributed by atoms with van der Waals surface area (Å²) in [4.78, 5) is 15.3. The molecule has 0 aromatic heterocycles. The average Bonchev–Trinajstić information content (AvgIpc) is 3.20. The number of carbonyl (C=O) groups is 1. The van der Waals surface area contributed by atoms with E-state index in [1.54, 1.807) is 12.1 Å². The molecule has 4 rings (SSSR count). The Balaban J connectivity index is 1.65. The molecule has 1 unspecified atom stereocenters. The molecular weight excluding hydrogens is 390 g/mol. The second-order valence-corrected chi connectivity index (χ2v) is 7.52. The van der Waals surface area contributed by atoms with Gasteiger partial charge in [0.1, 0.15) is 5.75 Å². The highest BCUT2D eigenvalue weighted by atomic mass is 35.5. The van der Waals surface area contributed by atoms with Gasteiger partial charge < -0.3 is 9.47 Å². The van der Waals surface area contributed by atoms with Crippen molar-refractivity contribution in [2.24, 2.45) is 5.10 Å². The first kappa shape index (κ1) is 19.9. The topological polar surface area (TPSA) is 54.4 Å². The number of para-hydroxylation sites is 1. The fraction of sp³-hybridized carbons (Fsp3) is 0.364. The van der Waals surface area contributed by atoms with Crippen molar-refractivity contribution >= 4 is 23.2 Å². The summed E-state index contributed by atoms with van der Waals surface area (Å²) in [6.45, 7) is 3.11. The maximum Gasteiger partial charge on any atom is 0.257 e. The van der Waals surface area contributed by atoms with Crippen molar-refractivity contribution in [3.05, 3.63) is 64.7 Å². The second kappa shape index (κ2) is 8.95. The van der Waals surface area contributed by atoms with E-state index in [1.807, 2.05) is 48.5 Å². The lowest BCUT2D eigenvalue weighted by Gasteiger charge is -2.29. The van der Waals surface area contributed by atoms with Gasteiger partial charge >= 0.3 is 0 Å². The standard InChI is InChI=1S/C22H24ClN3O3/c1-28-21-9-5-3-7-17(21)19-14-20(16-6-2-4-8-18(16)23)26(24-19)22(27)15-25-10-12-29-13-11-25/h2-9,20H,10-15H2,1H3. The smallest absolute Gasteiger partial charge is 0.257 e. The van der Waals surface area contributed by atoms with Gasteiger partial charge in [-0.3, -0.25) is 9.69 Å². The van der Waals surface area contributed by atoms with E-state index in [4.69, 9.17) is 26.2 Å². The first-order valence-electron chi connectivity index (χ1n) is 9.75. The molecule has 0 N–H and O–H groups in total. The minimum Gasteiger partial charge on any atom is -0.496 e. The van der Waals surface area contributed by atoms with Crippen molar-refractivity contribution in [2.75, 3.05) is 40.0 Å². The maximum atomic E-state index is 13.2. The number of halogens is 1. The summed E-state index contributed by atoms with van der Waals surface area (Å²) in [6.07, 6.45) is 0.582. The van der Waals surface area contributed by atoms with E-state index in [1.165, 1.54) is 0 Å². The van der Waals surface area contributed by atoms with Crippen LogP contribution in [0.15, 0.2) is 53.6 Å². The number of carbonyl (C=O) groups excluding carboxylic acids is 1. The van der Waals surface area contributed by atoms with Crippen LogP contribution in [0, 0.1) is 0 Å². The molecule has 0 saturated carbocycles. The van der Waals surface area contributed by atoms with Crippen LogP contribution in [0.25, 0.3) is 0 Å². The molecule has 2 heterocycles. The average molecular weight is 414 g/mol.